The molecule has 1 heterocycles. The van der Waals surface area contributed by atoms with Crippen molar-refractivity contribution in [1.82, 2.24) is 4.98 Å². The van der Waals surface area contributed by atoms with Crippen molar-refractivity contribution in [2.45, 2.75) is 6.54 Å². The van der Waals surface area contributed by atoms with Crippen LogP contribution in [0.4, 0.5) is 14.6 Å². The summed E-state index contributed by atoms with van der Waals surface area (Å²) in [6.07, 6.45) is 1.60. The van der Waals surface area contributed by atoms with E-state index >= 15 is 0 Å². The molecule has 1 aromatic heterocycles. The number of hydrogen-bond donors (Lipinski definition) is 1. The van der Waals surface area contributed by atoms with Crippen molar-refractivity contribution in [2.75, 3.05) is 5.32 Å². The first kappa shape index (κ1) is 13.2. The lowest BCUT2D eigenvalue weighted by atomic mass is 10.2. The summed E-state index contributed by atoms with van der Waals surface area (Å²) in [7, 11) is 0. The summed E-state index contributed by atoms with van der Waals surface area (Å²) in [5.74, 6) is -1.24. The molecule has 18 heavy (non-hydrogen) atoms. The first-order valence-corrected chi connectivity index (χ1v) is 6.22. The highest BCUT2D eigenvalue weighted by Crippen LogP contribution is 2.23. The normalized spacial score (nSPS) is 10.4. The second kappa shape index (κ2) is 5.63. The number of nitrogens with zero attached hydrogens (tertiary/aromatic N) is 1. The van der Waals surface area contributed by atoms with Gasteiger partial charge in [0.15, 0.2) is 11.6 Å². The maximum atomic E-state index is 13.0. The molecular weight excluding hydrogens is 325 g/mol. The van der Waals surface area contributed by atoms with Crippen LogP contribution in [0.2, 0.25) is 5.02 Å². The molecule has 6 heteroatoms. The van der Waals surface area contributed by atoms with E-state index in [1.807, 2.05) is 0 Å². The van der Waals surface area contributed by atoms with Crippen molar-refractivity contribution in [2.24, 2.45) is 0 Å². The smallest absolute Gasteiger partial charge is 0.159 e. The third-order valence-electron chi connectivity index (χ3n) is 2.25. The Bertz CT molecular complexity index is 578. The maximum Gasteiger partial charge on any atom is 0.159 e. The fourth-order valence-corrected chi connectivity index (χ4v) is 2.08. The van der Waals surface area contributed by atoms with Crippen molar-refractivity contribution in [3.05, 3.63) is 57.2 Å². The topological polar surface area (TPSA) is 24.9 Å². The van der Waals surface area contributed by atoms with Gasteiger partial charge in [-0.25, -0.2) is 13.8 Å². The zero-order chi connectivity index (χ0) is 13.1. The van der Waals surface area contributed by atoms with Gasteiger partial charge in [-0.05, 0) is 39.7 Å². The Labute approximate surface area is 116 Å². The molecule has 0 bridgehead atoms. The van der Waals surface area contributed by atoms with E-state index in [0.29, 0.717) is 22.9 Å². The van der Waals surface area contributed by atoms with Crippen LogP contribution in [0.15, 0.2) is 34.9 Å². The summed E-state index contributed by atoms with van der Waals surface area (Å²) >= 11 is 9.21. The maximum absolute atomic E-state index is 13.0. The highest BCUT2D eigenvalue weighted by Gasteiger charge is 2.05. The van der Waals surface area contributed by atoms with Crippen molar-refractivity contribution >= 4 is 33.3 Å². The number of pyridine rings is 1. The van der Waals surface area contributed by atoms with Gasteiger partial charge in [0.05, 0.1) is 5.02 Å². The Hall–Kier alpha value is -1.20. The molecular formula is C12H8BrClF2N2. The second-order valence-electron chi connectivity index (χ2n) is 3.59. The largest absolute Gasteiger partial charge is 0.365 e. The molecule has 2 aromatic rings. The molecule has 1 aromatic carbocycles. The lowest BCUT2D eigenvalue weighted by Crippen LogP contribution is -2.02. The van der Waals surface area contributed by atoms with Crippen molar-refractivity contribution in [1.29, 1.82) is 0 Å². The molecule has 0 aliphatic rings. The van der Waals surface area contributed by atoms with Crippen LogP contribution >= 0.6 is 27.5 Å². The second-order valence-corrected chi connectivity index (χ2v) is 4.91. The van der Waals surface area contributed by atoms with E-state index in [1.54, 1.807) is 12.3 Å². The Balaban J connectivity index is 2.09. The molecule has 0 spiro atoms. The summed E-state index contributed by atoms with van der Waals surface area (Å²) in [5.41, 5.74) is 0.606. The predicted molar refractivity (Wildman–Crippen MR) is 70.6 cm³/mol. The molecule has 0 saturated carbocycles. The summed E-state index contributed by atoms with van der Waals surface area (Å²) in [6.45, 7) is 0.311. The molecule has 0 fully saturated rings. The third-order valence-corrected chi connectivity index (χ3v) is 2.97. The van der Waals surface area contributed by atoms with Gasteiger partial charge in [0.2, 0.25) is 0 Å². The molecule has 0 unspecified atom stereocenters. The van der Waals surface area contributed by atoms with E-state index in [4.69, 9.17) is 11.6 Å². The molecule has 0 amide bonds. The first-order chi connectivity index (χ1) is 8.56. The fourth-order valence-electron chi connectivity index (χ4n) is 1.38. The van der Waals surface area contributed by atoms with Crippen molar-refractivity contribution in [3.63, 3.8) is 0 Å². The fraction of sp³-hybridized carbons (Fsp3) is 0.0833. The van der Waals surface area contributed by atoms with E-state index in [0.717, 1.165) is 16.6 Å². The van der Waals surface area contributed by atoms with Crippen molar-refractivity contribution < 1.29 is 8.78 Å². The van der Waals surface area contributed by atoms with Gasteiger partial charge < -0.3 is 5.32 Å². The van der Waals surface area contributed by atoms with Gasteiger partial charge in [0.1, 0.15) is 5.82 Å². The van der Waals surface area contributed by atoms with Gasteiger partial charge in [0, 0.05) is 17.2 Å². The van der Waals surface area contributed by atoms with Crippen LogP contribution in [-0.4, -0.2) is 4.98 Å². The molecule has 0 radical (unpaired) electrons. The molecule has 0 aliphatic heterocycles. The highest BCUT2D eigenvalue weighted by molar-refractivity contribution is 9.10. The third kappa shape index (κ3) is 3.17. The van der Waals surface area contributed by atoms with Gasteiger partial charge in [0.25, 0.3) is 0 Å². The van der Waals surface area contributed by atoms with Gasteiger partial charge >= 0.3 is 0 Å². The van der Waals surface area contributed by atoms with E-state index in [-0.39, 0.29) is 0 Å². The van der Waals surface area contributed by atoms with Crippen LogP contribution in [0.3, 0.4) is 0 Å². The molecule has 0 atom stereocenters. The zero-order valence-corrected chi connectivity index (χ0v) is 11.4. The number of aromatic nitrogens is 1. The number of rotatable bonds is 3. The van der Waals surface area contributed by atoms with Crippen LogP contribution < -0.4 is 5.32 Å². The minimum absolute atomic E-state index is 0.311. The van der Waals surface area contributed by atoms with Crippen LogP contribution in [0, 0.1) is 11.6 Å². The van der Waals surface area contributed by atoms with Crippen LogP contribution in [0.5, 0.6) is 0 Å². The number of nitrogens with one attached hydrogen (secondary N) is 1. The van der Waals surface area contributed by atoms with Gasteiger partial charge in [-0.15, -0.1) is 0 Å². The molecule has 2 nitrogen and oxygen atoms in total. The van der Waals surface area contributed by atoms with Crippen LogP contribution in [-0.2, 0) is 6.54 Å². The first-order valence-electron chi connectivity index (χ1n) is 5.05. The minimum Gasteiger partial charge on any atom is -0.365 e. The molecule has 2 rings (SSSR count). The monoisotopic (exact) mass is 332 g/mol. The summed E-state index contributed by atoms with van der Waals surface area (Å²) < 4.78 is 26.5. The standard InChI is InChI=1S/C12H8BrClF2N2/c13-8-4-9(14)12(18-6-8)17-5-7-1-2-10(15)11(16)3-7/h1-4,6H,5H2,(H,17,18). The van der Waals surface area contributed by atoms with E-state index < -0.39 is 11.6 Å². The predicted octanol–water partition coefficient (Wildman–Crippen LogP) is 4.39. The summed E-state index contributed by atoms with van der Waals surface area (Å²) in [6, 6.07) is 5.42. The molecule has 0 aliphatic carbocycles. The zero-order valence-electron chi connectivity index (χ0n) is 9.05. The van der Waals surface area contributed by atoms with E-state index in [2.05, 4.69) is 26.2 Å². The highest BCUT2D eigenvalue weighted by atomic mass is 79.9. The van der Waals surface area contributed by atoms with Crippen molar-refractivity contribution in [3.8, 4) is 0 Å². The minimum atomic E-state index is -0.871. The summed E-state index contributed by atoms with van der Waals surface area (Å²) in [5, 5.41) is 3.40. The van der Waals surface area contributed by atoms with E-state index in [9.17, 15) is 8.78 Å². The SMILES string of the molecule is Fc1ccc(CNc2ncc(Br)cc2Cl)cc1F. The number of benzene rings is 1. The Morgan fingerprint density at radius 2 is 2.00 bits per heavy atom. The van der Waals surface area contributed by atoms with Gasteiger partial charge in [-0.3, -0.25) is 0 Å². The average Bonchev–Trinajstić information content (AvgIpc) is 2.32. The van der Waals surface area contributed by atoms with Crippen LogP contribution in [0.25, 0.3) is 0 Å². The van der Waals surface area contributed by atoms with Crippen LogP contribution in [0.1, 0.15) is 5.56 Å². The Morgan fingerprint density at radius 1 is 1.22 bits per heavy atom. The number of halogens is 4. The summed E-state index contributed by atoms with van der Waals surface area (Å²) in [4.78, 5) is 4.08. The van der Waals surface area contributed by atoms with Gasteiger partial charge in [-0.2, -0.15) is 0 Å². The Kier molecular flexibility index (Phi) is 4.14. The molecule has 94 valence electrons. The van der Waals surface area contributed by atoms with E-state index in [1.165, 1.54) is 6.07 Å². The van der Waals surface area contributed by atoms with Gasteiger partial charge in [-0.1, -0.05) is 17.7 Å². The lowest BCUT2D eigenvalue weighted by molar-refractivity contribution is 0.507. The number of anilines is 1. The quantitative estimate of drug-likeness (QED) is 0.901. The molecule has 1 N–H and O–H groups in total. The molecule has 0 saturated heterocycles. The lowest BCUT2D eigenvalue weighted by Gasteiger charge is -2.07. The Morgan fingerprint density at radius 3 is 2.67 bits per heavy atom. The average molecular weight is 334 g/mol. The number of hydrogen-bond acceptors (Lipinski definition) is 2.